The summed E-state index contributed by atoms with van der Waals surface area (Å²) in [7, 11) is 9.66. The van der Waals surface area contributed by atoms with E-state index in [9.17, 15) is 24.0 Å². The minimum atomic E-state index is -0.986. The Morgan fingerprint density at radius 2 is 1.41 bits per heavy atom. The molecule has 0 radical (unpaired) electrons. The number of nitrogens with two attached hydrogens (primary N) is 1. The van der Waals surface area contributed by atoms with Crippen LogP contribution in [0.15, 0.2) is 0 Å². The Kier molecular flexibility index (Phi) is 19.6. The van der Waals surface area contributed by atoms with Crippen LogP contribution in [0.4, 0.5) is 0 Å². The SMILES string of the molecule is CC[C@H](C)[C@@H]([C@@H](CC(=O)N1CCC[C@H]1[C@H](OC)[C@@H](C)C(=O)N[C@H](C(=O)OC)[C@@H](C)CC)OC)N(C)C(=O)[C@@H](NC(=O)C(C(C)C)N(C)C)[C@H](C)N. The van der Waals surface area contributed by atoms with Gasteiger partial charge in [-0.15, -0.1) is 0 Å². The molecule has 1 unspecified atom stereocenters. The molecule has 1 aliphatic rings. The summed E-state index contributed by atoms with van der Waals surface area (Å²) in [5.74, 6) is -2.56. The van der Waals surface area contributed by atoms with Crippen LogP contribution in [0, 0.1) is 23.7 Å². The van der Waals surface area contributed by atoms with E-state index in [1.807, 2.05) is 60.5 Å². The molecule has 1 aliphatic heterocycles. The van der Waals surface area contributed by atoms with Crippen LogP contribution in [-0.2, 0) is 38.2 Å². The Bertz CT molecular complexity index is 1130. The Morgan fingerprint density at radius 3 is 1.86 bits per heavy atom. The molecule has 1 heterocycles. The lowest BCUT2D eigenvalue weighted by Crippen LogP contribution is -2.62. The number of methoxy groups -OCH3 is 3. The molecule has 4 amide bonds. The number of likely N-dealkylation sites (N-methyl/N-ethyl adjacent to an activating group) is 2. The molecule has 14 nitrogen and oxygen atoms in total. The monoisotopic (exact) mass is 727 g/mol. The first kappa shape index (κ1) is 46.2. The minimum Gasteiger partial charge on any atom is -0.467 e. The standard InChI is InChI=1S/C37H70N6O8/c1-15-22(5)29(37(48)51-14)39-34(45)24(7)33(50-13)26-18-17-19-43(26)28(44)20-27(49-12)32(23(6)16-2)42(11)36(47)30(25(8)38)40-35(46)31(21(3)4)41(9)10/h21-27,29-33H,15-20,38H2,1-14H3,(H,39,45)(H,40,46)/t22-,23-,24+,25-,26-,27+,29-,30-,31?,32-,33+/m0/s1. The van der Waals surface area contributed by atoms with Crippen molar-refractivity contribution in [1.29, 1.82) is 0 Å². The Hall–Kier alpha value is -2.81. The second kappa shape index (κ2) is 21.7. The Morgan fingerprint density at radius 1 is 0.843 bits per heavy atom. The largest absolute Gasteiger partial charge is 0.467 e. The number of esters is 1. The summed E-state index contributed by atoms with van der Waals surface area (Å²) in [5, 5.41) is 5.76. The first-order valence-electron chi connectivity index (χ1n) is 18.6. The molecule has 0 aliphatic carbocycles. The lowest BCUT2D eigenvalue weighted by atomic mass is 9.89. The second-order valence-electron chi connectivity index (χ2n) is 15.0. The summed E-state index contributed by atoms with van der Waals surface area (Å²) >= 11 is 0. The van der Waals surface area contributed by atoms with E-state index < -0.39 is 54.3 Å². The first-order chi connectivity index (χ1) is 23.8. The number of ether oxygens (including phenoxy) is 3. The summed E-state index contributed by atoms with van der Waals surface area (Å²) in [6.07, 6.45) is 1.42. The van der Waals surface area contributed by atoms with Crippen molar-refractivity contribution in [3.05, 3.63) is 0 Å². The second-order valence-corrected chi connectivity index (χ2v) is 15.0. The maximum absolute atomic E-state index is 14.1. The van der Waals surface area contributed by atoms with Crippen LogP contribution < -0.4 is 16.4 Å². The fraction of sp³-hybridized carbons (Fsp3) is 0.865. The van der Waals surface area contributed by atoms with Crippen LogP contribution in [-0.4, -0.2) is 142 Å². The van der Waals surface area contributed by atoms with Gasteiger partial charge in [-0.1, -0.05) is 61.3 Å². The summed E-state index contributed by atoms with van der Waals surface area (Å²) < 4.78 is 16.8. The van der Waals surface area contributed by atoms with Crippen LogP contribution in [0.5, 0.6) is 0 Å². The van der Waals surface area contributed by atoms with E-state index in [0.29, 0.717) is 25.8 Å². The van der Waals surface area contributed by atoms with E-state index in [-0.39, 0.29) is 53.8 Å². The molecule has 14 heteroatoms. The number of hydrogen-bond acceptors (Lipinski definition) is 10. The number of hydrogen-bond donors (Lipinski definition) is 3. The van der Waals surface area contributed by atoms with E-state index in [0.717, 1.165) is 6.42 Å². The molecule has 0 saturated carbocycles. The molecule has 4 N–H and O–H groups in total. The lowest BCUT2D eigenvalue weighted by Gasteiger charge is -2.41. The predicted molar refractivity (Wildman–Crippen MR) is 197 cm³/mol. The molecule has 0 bridgehead atoms. The minimum absolute atomic E-state index is 0.00401. The third-order valence-electron chi connectivity index (χ3n) is 10.8. The zero-order valence-electron chi connectivity index (χ0n) is 33.9. The predicted octanol–water partition coefficient (Wildman–Crippen LogP) is 2.03. The number of carbonyl (C=O) groups is 5. The molecular formula is C37H70N6O8. The summed E-state index contributed by atoms with van der Waals surface area (Å²) in [5.41, 5.74) is 6.30. The van der Waals surface area contributed by atoms with Gasteiger partial charge < -0.3 is 40.4 Å². The van der Waals surface area contributed by atoms with Gasteiger partial charge in [0.25, 0.3) is 0 Å². The summed E-state index contributed by atoms with van der Waals surface area (Å²) in [4.78, 5) is 72.6. The highest BCUT2D eigenvalue weighted by atomic mass is 16.5. The lowest BCUT2D eigenvalue weighted by molar-refractivity contribution is -0.149. The fourth-order valence-electron chi connectivity index (χ4n) is 7.40. The number of rotatable bonds is 21. The number of amides is 4. The van der Waals surface area contributed by atoms with Crippen molar-refractivity contribution in [2.45, 2.75) is 136 Å². The van der Waals surface area contributed by atoms with Crippen molar-refractivity contribution in [3.8, 4) is 0 Å². The molecule has 0 spiro atoms. The molecule has 11 atom stereocenters. The highest BCUT2D eigenvalue weighted by molar-refractivity contribution is 5.90. The summed E-state index contributed by atoms with van der Waals surface area (Å²) in [6, 6.07) is -3.81. The van der Waals surface area contributed by atoms with Crippen LogP contribution >= 0.6 is 0 Å². The van der Waals surface area contributed by atoms with Gasteiger partial charge in [-0.3, -0.25) is 24.1 Å². The van der Waals surface area contributed by atoms with Gasteiger partial charge in [-0.05, 0) is 51.6 Å². The zero-order valence-corrected chi connectivity index (χ0v) is 33.9. The van der Waals surface area contributed by atoms with Crippen LogP contribution in [0.1, 0.15) is 87.5 Å². The van der Waals surface area contributed by atoms with Crippen LogP contribution in [0.3, 0.4) is 0 Å². The molecular weight excluding hydrogens is 656 g/mol. The topological polar surface area (TPSA) is 173 Å². The smallest absolute Gasteiger partial charge is 0.328 e. The number of likely N-dealkylation sites (tertiary alicyclic amines) is 1. The van der Waals surface area contributed by atoms with E-state index in [1.165, 1.54) is 21.3 Å². The first-order valence-corrected chi connectivity index (χ1v) is 18.6. The van der Waals surface area contributed by atoms with Gasteiger partial charge in [0.15, 0.2) is 0 Å². The van der Waals surface area contributed by atoms with Gasteiger partial charge in [-0.2, -0.15) is 0 Å². The normalized spacial score (nSPS) is 20.7. The number of carbonyl (C=O) groups excluding carboxylic acids is 5. The maximum Gasteiger partial charge on any atom is 0.328 e. The third-order valence-corrected chi connectivity index (χ3v) is 10.8. The van der Waals surface area contributed by atoms with Gasteiger partial charge in [-0.25, -0.2) is 4.79 Å². The molecule has 1 fully saturated rings. The molecule has 1 rings (SSSR count). The molecule has 1 saturated heterocycles. The van der Waals surface area contributed by atoms with E-state index in [4.69, 9.17) is 19.9 Å². The highest BCUT2D eigenvalue weighted by Gasteiger charge is 2.43. The van der Waals surface area contributed by atoms with Crippen LogP contribution in [0.25, 0.3) is 0 Å². The van der Waals surface area contributed by atoms with Crippen molar-refractivity contribution in [2.24, 2.45) is 29.4 Å². The number of nitrogens with zero attached hydrogens (tertiary/aromatic N) is 3. The van der Waals surface area contributed by atoms with Crippen LogP contribution in [0.2, 0.25) is 0 Å². The fourth-order valence-corrected chi connectivity index (χ4v) is 7.40. The van der Waals surface area contributed by atoms with Crippen molar-refractivity contribution in [1.82, 2.24) is 25.3 Å². The zero-order chi connectivity index (χ0) is 39.3. The highest BCUT2D eigenvalue weighted by Crippen LogP contribution is 2.30. The molecule has 0 aromatic rings. The Balaban J connectivity index is 3.30. The van der Waals surface area contributed by atoms with Gasteiger partial charge >= 0.3 is 5.97 Å². The Labute approximate surface area is 307 Å². The van der Waals surface area contributed by atoms with Gasteiger partial charge in [0.2, 0.25) is 23.6 Å². The van der Waals surface area contributed by atoms with Crippen molar-refractivity contribution < 1.29 is 38.2 Å². The molecule has 51 heavy (non-hydrogen) atoms. The van der Waals surface area contributed by atoms with Crippen molar-refractivity contribution >= 4 is 29.6 Å². The summed E-state index contributed by atoms with van der Waals surface area (Å²) in [6.45, 7) is 15.6. The molecule has 296 valence electrons. The average molecular weight is 727 g/mol. The average Bonchev–Trinajstić information content (AvgIpc) is 3.57. The van der Waals surface area contributed by atoms with Gasteiger partial charge in [0.1, 0.15) is 12.1 Å². The van der Waals surface area contributed by atoms with E-state index in [1.54, 1.807) is 30.7 Å². The third kappa shape index (κ3) is 12.1. The van der Waals surface area contributed by atoms with E-state index >= 15 is 0 Å². The van der Waals surface area contributed by atoms with Crippen molar-refractivity contribution in [3.63, 3.8) is 0 Å². The maximum atomic E-state index is 14.1. The quantitative estimate of drug-likeness (QED) is 0.149. The van der Waals surface area contributed by atoms with Gasteiger partial charge in [0, 0.05) is 33.9 Å². The van der Waals surface area contributed by atoms with E-state index in [2.05, 4.69) is 10.6 Å². The number of nitrogens with one attached hydrogen (secondary N) is 2. The molecule has 0 aromatic carbocycles. The van der Waals surface area contributed by atoms with Gasteiger partial charge in [0.05, 0.1) is 49.8 Å². The van der Waals surface area contributed by atoms with Crippen molar-refractivity contribution in [2.75, 3.05) is 49.0 Å². The molecule has 0 aromatic heterocycles.